The van der Waals surface area contributed by atoms with Crippen LogP contribution in [0.2, 0.25) is 0 Å². The van der Waals surface area contributed by atoms with Crippen LogP contribution in [0.25, 0.3) is 0 Å². The van der Waals surface area contributed by atoms with E-state index >= 15 is 0 Å². The van der Waals surface area contributed by atoms with Gasteiger partial charge in [0.2, 0.25) is 5.91 Å². The Morgan fingerprint density at radius 2 is 1.67 bits per heavy atom. The summed E-state index contributed by atoms with van der Waals surface area (Å²) in [5, 5.41) is 3.23. The van der Waals surface area contributed by atoms with Crippen LogP contribution in [0.5, 0.6) is 0 Å². The van der Waals surface area contributed by atoms with E-state index in [0.29, 0.717) is 12.6 Å². The van der Waals surface area contributed by atoms with Crippen LogP contribution in [0.3, 0.4) is 0 Å². The van der Waals surface area contributed by atoms with Crippen molar-refractivity contribution in [2.45, 2.75) is 59.0 Å². The Labute approximate surface area is 163 Å². The van der Waals surface area contributed by atoms with Crippen LogP contribution in [0.15, 0.2) is 48.5 Å². The fraction of sp³-hybridized carbons (Fsp3) is 0.458. The lowest BCUT2D eigenvalue weighted by Crippen LogP contribution is -2.40. The van der Waals surface area contributed by atoms with Crippen LogP contribution >= 0.6 is 0 Å². The molecular weight excluding hydrogens is 332 g/mol. The van der Waals surface area contributed by atoms with Crippen molar-refractivity contribution in [3.63, 3.8) is 0 Å². The number of carbonyl (C=O) groups excluding carboxylic acids is 1. The maximum absolute atomic E-state index is 12.9. The SMILES string of the molecule is CCc1cccc(CC)c1NC(=O)CN(Cc1ccccc1)C(C)C1CC1. The normalized spacial score (nSPS) is 15.0. The van der Waals surface area contributed by atoms with Crippen LogP contribution in [0, 0.1) is 5.92 Å². The summed E-state index contributed by atoms with van der Waals surface area (Å²) in [7, 11) is 0. The summed E-state index contributed by atoms with van der Waals surface area (Å²) in [6.07, 6.45) is 4.42. The van der Waals surface area contributed by atoms with Crippen LogP contribution in [0.1, 0.15) is 50.3 Å². The Balaban J connectivity index is 1.73. The Kier molecular flexibility index (Phi) is 6.68. The zero-order chi connectivity index (χ0) is 19.2. The number of rotatable bonds is 9. The quantitative estimate of drug-likeness (QED) is 0.675. The van der Waals surface area contributed by atoms with Gasteiger partial charge < -0.3 is 5.32 Å². The van der Waals surface area contributed by atoms with Crippen molar-refractivity contribution in [1.29, 1.82) is 0 Å². The maximum Gasteiger partial charge on any atom is 0.238 e. The maximum atomic E-state index is 12.9. The van der Waals surface area contributed by atoms with Gasteiger partial charge in [-0.25, -0.2) is 0 Å². The van der Waals surface area contributed by atoms with Gasteiger partial charge in [0.15, 0.2) is 0 Å². The van der Waals surface area contributed by atoms with E-state index in [1.54, 1.807) is 0 Å². The summed E-state index contributed by atoms with van der Waals surface area (Å²) in [5.41, 5.74) is 4.72. The van der Waals surface area contributed by atoms with Gasteiger partial charge in [0.05, 0.1) is 6.54 Å². The number of nitrogens with one attached hydrogen (secondary N) is 1. The van der Waals surface area contributed by atoms with Crippen molar-refractivity contribution < 1.29 is 4.79 Å². The number of benzene rings is 2. The molecule has 2 aromatic rings. The molecule has 0 saturated heterocycles. The van der Waals surface area contributed by atoms with E-state index in [-0.39, 0.29) is 5.91 Å². The van der Waals surface area contributed by atoms with Crippen molar-refractivity contribution in [2.24, 2.45) is 5.92 Å². The van der Waals surface area contributed by atoms with Gasteiger partial charge in [-0.05, 0) is 55.2 Å². The molecular formula is C24H32N2O. The number of aryl methyl sites for hydroxylation is 2. The predicted molar refractivity (Wildman–Crippen MR) is 113 cm³/mol. The molecule has 3 rings (SSSR count). The lowest BCUT2D eigenvalue weighted by atomic mass is 10.0. The monoisotopic (exact) mass is 364 g/mol. The molecule has 2 aromatic carbocycles. The predicted octanol–water partition coefficient (Wildman–Crippen LogP) is 5.05. The largest absolute Gasteiger partial charge is 0.324 e. The number of nitrogens with zero attached hydrogens (tertiary/aromatic N) is 1. The molecule has 27 heavy (non-hydrogen) atoms. The summed E-state index contributed by atoms with van der Waals surface area (Å²) in [6.45, 7) is 7.81. The fourth-order valence-corrected chi connectivity index (χ4v) is 3.81. The molecule has 3 nitrogen and oxygen atoms in total. The molecule has 0 heterocycles. The number of anilines is 1. The zero-order valence-electron chi connectivity index (χ0n) is 16.9. The average molecular weight is 365 g/mol. The number of carbonyl (C=O) groups is 1. The second-order valence-electron chi connectivity index (χ2n) is 7.68. The average Bonchev–Trinajstić information content (AvgIpc) is 3.53. The van der Waals surface area contributed by atoms with Gasteiger partial charge in [-0.15, -0.1) is 0 Å². The van der Waals surface area contributed by atoms with Gasteiger partial charge in [0.25, 0.3) is 0 Å². The molecule has 1 unspecified atom stereocenters. The molecule has 1 amide bonds. The molecule has 1 fully saturated rings. The second-order valence-corrected chi connectivity index (χ2v) is 7.68. The fourth-order valence-electron chi connectivity index (χ4n) is 3.81. The minimum atomic E-state index is 0.0917. The first-order chi connectivity index (χ1) is 13.1. The van der Waals surface area contributed by atoms with E-state index in [1.807, 2.05) is 6.07 Å². The van der Waals surface area contributed by atoms with Gasteiger partial charge in [-0.3, -0.25) is 9.69 Å². The first-order valence-electron chi connectivity index (χ1n) is 10.3. The van der Waals surface area contributed by atoms with E-state index < -0.39 is 0 Å². The third kappa shape index (κ3) is 5.20. The molecule has 1 N–H and O–H groups in total. The molecule has 3 heteroatoms. The molecule has 1 atom stereocenters. The van der Waals surface area contributed by atoms with Crippen molar-refractivity contribution >= 4 is 11.6 Å². The smallest absolute Gasteiger partial charge is 0.238 e. The highest BCUT2D eigenvalue weighted by atomic mass is 16.2. The highest BCUT2D eigenvalue weighted by molar-refractivity contribution is 5.93. The van der Waals surface area contributed by atoms with Gasteiger partial charge in [-0.1, -0.05) is 62.4 Å². The molecule has 0 aliphatic heterocycles. The van der Waals surface area contributed by atoms with Gasteiger partial charge in [0, 0.05) is 18.3 Å². The summed E-state index contributed by atoms with van der Waals surface area (Å²) in [6, 6.07) is 17.2. The van der Waals surface area contributed by atoms with Crippen LogP contribution < -0.4 is 5.32 Å². The third-order valence-corrected chi connectivity index (χ3v) is 5.72. The van der Waals surface area contributed by atoms with Crippen LogP contribution in [-0.2, 0) is 24.2 Å². The first-order valence-corrected chi connectivity index (χ1v) is 10.3. The minimum absolute atomic E-state index is 0.0917. The number of amides is 1. The zero-order valence-corrected chi connectivity index (χ0v) is 16.9. The first kappa shape index (κ1) is 19.6. The van der Waals surface area contributed by atoms with Crippen molar-refractivity contribution in [2.75, 3.05) is 11.9 Å². The summed E-state index contributed by atoms with van der Waals surface area (Å²) < 4.78 is 0. The lowest BCUT2D eigenvalue weighted by Gasteiger charge is -2.29. The van der Waals surface area contributed by atoms with Crippen LogP contribution in [-0.4, -0.2) is 23.4 Å². The molecule has 0 aromatic heterocycles. The third-order valence-electron chi connectivity index (χ3n) is 5.72. The number of hydrogen-bond donors (Lipinski definition) is 1. The minimum Gasteiger partial charge on any atom is -0.324 e. The molecule has 1 aliphatic rings. The molecule has 0 radical (unpaired) electrons. The van der Waals surface area contributed by atoms with Crippen molar-refractivity contribution in [1.82, 2.24) is 4.90 Å². The van der Waals surface area contributed by atoms with Crippen molar-refractivity contribution in [3.05, 3.63) is 65.2 Å². The Morgan fingerprint density at radius 3 is 2.22 bits per heavy atom. The summed E-state index contributed by atoms with van der Waals surface area (Å²) in [5.74, 6) is 0.824. The van der Waals surface area contributed by atoms with Gasteiger partial charge in [-0.2, -0.15) is 0 Å². The Bertz CT molecular complexity index is 730. The number of para-hydroxylation sites is 1. The van der Waals surface area contributed by atoms with E-state index in [2.05, 4.69) is 73.5 Å². The highest BCUT2D eigenvalue weighted by Crippen LogP contribution is 2.35. The molecule has 144 valence electrons. The molecule has 1 saturated carbocycles. The Hall–Kier alpha value is -2.13. The van der Waals surface area contributed by atoms with E-state index in [4.69, 9.17) is 0 Å². The summed E-state index contributed by atoms with van der Waals surface area (Å²) >= 11 is 0. The lowest BCUT2D eigenvalue weighted by molar-refractivity contribution is -0.118. The molecule has 0 bridgehead atoms. The highest BCUT2D eigenvalue weighted by Gasteiger charge is 2.32. The van der Waals surface area contributed by atoms with Gasteiger partial charge >= 0.3 is 0 Å². The van der Waals surface area contributed by atoms with E-state index in [0.717, 1.165) is 31.0 Å². The standard InChI is InChI=1S/C24H32N2O/c1-4-20-12-9-13-21(5-2)24(20)25-23(27)17-26(18(3)22-14-15-22)16-19-10-7-6-8-11-19/h6-13,18,22H,4-5,14-17H2,1-3H3,(H,25,27). The summed E-state index contributed by atoms with van der Waals surface area (Å²) in [4.78, 5) is 15.3. The van der Waals surface area contributed by atoms with E-state index in [1.165, 1.54) is 29.5 Å². The number of hydrogen-bond acceptors (Lipinski definition) is 2. The molecule has 1 aliphatic carbocycles. The second kappa shape index (κ2) is 9.18. The Morgan fingerprint density at radius 1 is 1.04 bits per heavy atom. The van der Waals surface area contributed by atoms with E-state index in [9.17, 15) is 4.79 Å². The van der Waals surface area contributed by atoms with Crippen molar-refractivity contribution in [3.8, 4) is 0 Å². The molecule has 0 spiro atoms. The van der Waals surface area contributed by atoms with Gasteiger partial charge in [0.1, 0.15) is 0 Å². The van der Waals surface area contributed by atoms with Crippen LogP contribution in [0.4, 0.5) is 5.69 Å². The topological polar surface area (TPSA) is 32.3 Å².